The lowest BCUT2D eigenvalue weighted by Gasteiger charge is -2.41. The summed E-state index contributed by atoms with van der Waals surface area (Å²) in [6.45, 7) is 6.06. The zero-order valence-corrected chi connectivity index (χ0v) is 21.6. The van der Waals surface area contributed by atoms with Crippen molar-refractivity contribution in [2.75, 3.05) is 31.5 Å². The molecule has 0 atom stereocenters. The van der Waals surface area contributed by atoms with Crippen LogP contribution in [0.1, 0.15) is 54.2 Å². The first kappa shape index (κ1) is 25.4. The van der Waals surface area contributed by atoms with E-state index in [1.807, 2.05) is 17.9 Å². The summed E-state index contributed by atoms with van der Waals surface area (Å²) < 4.78 is 0. The highest BCUT2D eigenvalue weighted by molar-refractivity contribution is 5.94. The van der Waals surface area contributed by atoms with Crippen molar-refractivity contribution in [3.8, 4) is 11.1 Å². The number of amides is 1. The van der Waals surface area contributed by atoms with E-state index in [4.69, 9.17) is 0 Å². The third kappa shape index (κ3) is 6.00. The Bertz CT molecular complexity index is 1190. The predicted molar refractivity (Wildman–Crippen MR) is 146 cm³/mol. The number of aliphatic hydroxyl groups is 1. The van der Waals surface area contributed by atoms with Gasteiger partial charge in [-0.05, 0) is 54.9 Å². The minimum atomic E-state index is -0.154. The minimum absolute atomic E-state index is 0.000825. The molecule has 2 aromatic carbocycles. The monoisotopic (exact) mass is 499 g/mol. The third-order valence-electron chi connectivity index (χ3n) is 7.76. The summed E-state index contributed by atoms with van der Waals surface area (Å²) in [6.07, 6.45) is 5.67. The fourth-order valence-corrected chi connectivity index (χ4v) is 5.60. The van der Waals surface area contributed by atoms with Crippen LogP contribution < -0.4 is 5.32 Å². The van der Waals surface area contributed by atoms with Crippen LogP contribution in [-0.4, -0.2) is 69.1 Å². The summed E-state index contributed by atoms with van der Waals surface area (Å²) in [5.74, 6) is 0.730. The fraction of sp³-hybridized carbons (Fsp3) is 0.433. The Hall–Kier alpha value is -3.29. The molecule has 2 fully saturated rings. The second kappa shape index (κ2) is 11.8. The van der Waals surface area contributed by atoms with Gasteiger partial charge >= 0.3 is 0 Å². The van der Waals surface area contributed by atoms with Crippen LogP contribution in [0.5, 0.6) is 0 Å². The summed E-state index contributed by atoms with van der Waals surface area (Å²) in [4.78, 5) is 26.9. The summed E-state index contributed by atoms with van der Waals surface area (Å²) >= 11 is 0. The molecule has 2 aliphatic rings. The molecule has 0 spiro atoms. The molecule has 2 aliphatic heterocycles. The number of carbonyl (C=O) groups is 1. The molecule has 2 N–H and O–H groups in total. The molecule has 37 heavy (non-hydrogen) atoms. The summed E-state index contributed by atoms with van der Waals surface area (Å²) in [5, 5.41) is 13.3. The first-order valence-corrected chi connectivity index (χ1v) is 13.6. The van der Waals surface area contributed by atoms with Crippen LogP contribution in [0.3, 0.4) is 0 Å². The Morgan fingerprint density at radius 2 is 1.68 bits per heavy atom. The van der Waals surface area contributed by atoms with Gasteiger partial charge in [0.2, 0.25) is 0 Å². The highest BCUT2D eigenvalue weighted by Gasteiger charge is 2.31. The smallest absolute Gasteiger partial charge is 0.272 e. The maximum Gasteiger partial charge on any atom is 0.272 e. The van der Waals surface area contributed by atoms with Crippen molar-refractivity contribution >= 4 is 11.7 Å². The zero-order valence-electron chi connectivity index (χ0n) is 21.6. The Morgan fingerprint density at radius 1 is 0.946 bits per heavy atom. The molecule has 194 valence electrons. The molecule has 0 unspecified atom stereocenters. The lowest BCUT2D eigenvalue weighted by atomic mass is 9.98. The van der Waals surface area contributed by atoms with Gasteiger partial charge in [-0.3, -0.25) is 4.79 Å². The van der Waals surface area contributed by atoms with E-state index in [1.165, 1.54) is 17.5 Å². The number of aliphatic hydroxyl groups excluding tert-OH is 1. The second-order valence-corrected chi connectivity index (χ2v) is 10.1. The van der Waals surface area contributed by atoms with Crippen molar-refractivity contribution in [1.29, 1.82) is 0 Å². The highest BCUT2D eigenvalue weighted by atomic mass is 16.3. The number of carbonyl (C=O) groups excluding carboxylic acids is 1. The Morgan fingerprint density at radius 3 is 2.41 bits per heavy atom. The van der Waals surface area contributed by atoms with Crippen LogP contribution in [-0.2, 0) is 13.0 Å². The van der Waals surface area contributed by atoms with Gasteiger partial charge in [-0.15, -0.1) is 0 Å². The number of likely N-dealkylation sites (tertiary alicyclic amines) is 2. The van der Waals surface area contributed by atoms with E-state index in [0.717, 1.165) is 68.8 Å². The van der Waals surface area contributed by atoms with Crippen molar-refractivity contribution in [2.24, 2.45) is 0 Å². The number of aromatic nitrogens is 2. The first-order valence-electron chi connectivity index (χ1n) is 13.6. The quantitative estimate of drug-likeness (QED) is 0.502. The first-order chi connectivity index (χ1) is 18.1. The number of nitrogens with zero attached hydrogens (tertiary/aromatic N) is 4. The number of piperidine rings is 2. The van der Waals surface area contributed by atoms with Crippen LogP contribution in [0.4, 0.5) is 5.82 Å². The van der Waals surface area contributed by atoms with Crippen molar-refractivity contribution in [3.63, 3.8) is 0 Å². The molecule has 0 radical (unpaired) electrons. The van der Waals surface area contributed by atoms with Crippen LogP contribution in [0, 0.1) is 0 Å². The van der Waals surface area contributed by atoms with E-state index >= 15 is 0 Å². The highest BCUT2D eigenvalue weighted by Crippen LogP contribution is 2.25. The second-order valence-electron chi connectivity index (χ2n) is 10.1. The number of benzene rings is 2. The van der Waals surface area contributed by atoms with Gasteiger partial charge in [-0.2, -0.15) is 0 Å². The molecule has 0 aliphatic carbocycles. The largest absolute Gasteiger partial charge is 0.393 e. The number of anilines is 1. The van der Waals surface area contributed by atoms with Crippen LogP contribution in [0.15, 0.2) is 60.9 Å². The molecule has 5 rings (SSSR count). The Balaban J connectivity index is 1.23. The van der Waals surface area contributed by atoms with Gasteiger partial charge in [0.15, 0.2) is 0 Å². The molecule has 2 saturated heterocycles. The topological polar surface area (TPSA) is 81.6 Å². The summed E-state index contributed by atoms with van der Waals surface area (Å²) in [6, 6.07) is 19.3. The molecule has 7 heteroatoms. The maximum atomic E-state index is 13.5. The molecule has 1 amide bonds. The summed E-state index contributed by atoms with van der Waals surface area (Å²) in [5.41, 5.74) is 4.91. The molecular weight excluding hydrogens is 462 g/mol. The van der Waals surface area contributed by atoms with Crippen molar-refractivity contribution in [3.05, 3.63) is 77.7 Å². The molecule has 0 bridgehead atoms. The van der Waals surface area contributed by atoms with E-state index in [2.05, 4.69) is 68.7 Å². The average molecular weight is 500 g/mol. The molecular formula is C30H37N5O2. The van der Waals surface area contributed by atoms with Crippen LogP contribution >= 0.6 is 0 Å². The van der Waals surface area contributed by atoms with Crippen molar-refractivity contribution in [1.82, 2.24) is 19.8 Å². The van der Waals surface area contributed by atoms with Crippen LogP contribution in [0.25, 0.3) is 11.1 Å². The number of hydrogen-bond donors (Lipinski definition) is 2. The van der Waals surface area contributed by atoms with Crippen molar-refractivity contribution < 1.29 is 9.90 Å². The maximum absolute atomic E-state index is 13.5. The number of hydrogen-bond acceptors (Lipinski definition) is 6. The van der Waals surface area contributed by atoms with E-state index in [0.29, 0.717) is 24.7 Å². The zero-order chi connectivity index (χ0) is 25.6. The summed E-state index contributed by atoms with van der Waals surface area (Å²) in [7, 11) is 0. The third-order valence-corrected chi connectivity index (χ3v) is 7.76. The number of nitrogens with one attached hydrogen (secondary N) is 1. The van der Waals surface area contributed by atoms with Crippen LogP contribution in [0.2, 0.25) is 0 Å². The lowest BCUT2D eigenvalue weighted by molar-refractivity contribution is 0.0354. The molecule has 7 nitrogen and oxygen atoms in total. The normalized spacial score (nSPS) is 17.6. The van der Waals surface area contributed by atoms with Gasteiger partial charge in [-0.25, -0.2) is 9.97 Å². The van der Waals surface area contributed by atoms with Gasteiger partial charge in [0, 0.05) is 44.3 Å². The Kier molecular flexibility index (Phi) is 8.12. The molecule has 3 aromatic rings. The van der Waals surface area contributed by atoms with Gasteiger partial charge in [0.25, 0.3) is 5.91 Å². The van der Waals surface area contributed by atoms with E-state index in [9.17, 15) is 9.90 Å². The standard InChI is InChI=1S/C30H37N5O2/c1-2-27-28(30(37)35-15-11-25(12-16-35)34-17-13-26(36)14-18-34)32-21-33-29(27)31-20-22-7-6-10-24(19-22)23-8-4-3-5-9-23/h3-10,19,21,25-26,36H,2,11-18,20H2,1H3,(H,31,32,33). The molecule has 1 aromatic heterocycles. The minimum Gasteiger partial charge on any atom is -0.393 e. The lowest BCUT2D eigenvalue weighted by Crippen LogP contribution is -2.49. The van der Waals surface area contributed by atoms with E-state index in [-0.39, 0.29) is 12.0 Å². The SMILES string of the molecule is CCc1c(NCc2cccc(-c3ccccc3)c2)ncnc1C(=O)N1CCC(N2CCC(O)CC2)CC1. The van der Waals surface area contributed by atoms with E-state index in [1.54, 1.807) is 0 Å². The van der Waals surface area contributed by atoms with Gasteiger partial charge in [0.1, 0.15) is 17.8 Å². The van der Waals surface area contributed by atoms with Gasteiger partial charge in [-0.1, -0.05) is 55.5 Å². The van der Waals surface area contributed by atoms with Crippen molar-refractivity contribution in [2.45, 2.75) is 57.7 Å². The van der Waals surface area contributed by atoms with Gasteiger partial charge < -0.3 is 20.2 Å². The molecule has 0 saturated carbocycles. The molecule has 3 heterocycles. The average Bonchev–Trinajstić information content (AvgIpc) is 2.96. The predicted octanol–water partition coefficient (Wildman–Crippen LogP) is 4.38. The van der Waals surface area contributed by atoms with Gasteiger partial charge in [0.05, 0.1) is 6.10 Å². The Labute approximate surface area is 219 Å². The fourth-order valence-electron chi connectivity index (χ4n) is 5.60. The van der Waals surface area contributed by atoms with E-state index < -0.39 is 0 Å². The number of rotatable bonds is 7.